The fraction of sp³-hybridized carbons (Fsp3) is 0. The first-order valence-corrected chi connectivity index (χ1v) is 5.97. The SMILES string of the molecule is O=C1C=C(c2ccccc2-c2ccccc2)C(=O)N1. The van der Waals surface area contributed by atoms with Crippen molar-refractivity contribution < 1.29 is 9.59 Å². The van der Waals surface area contributed by atoms with Crippen LogP contribution in [-0.2, 0) is 9.59 Å². The largest absolute Gasteiger partial charge is 0.289 e. The van der Waals surface area contributed by atoms with Crippen LogP contribution in [0.5, 0.6) is 0 Å². The minimum absolute atomic E-state index is 0.339. The van der Waals surface area contributed by atoms with E-state index in [1.165, 1.54) is 6.08 Å². The molecule has 2 aromatic carbocycles. The van der Waals surface area contributed by atoms with Crippen LogP contribution >= 0.6 is 0 Å². The van der Waals surface area contributed by atoms with E-state index in [0.29, 0.717) is 5.57 Å². The number of hydrogen-bond donors (Lipinski definition) is 1. The summed E-state index contributed by atoms with van der Waals surface area (Å²) < 4.78 is 0. The van der Waals surface area contributed by atoms with E-state index in [1.807, 2.05) is 54.6 Å². The van der Waals surface area contributed by atoms with Crippen LogP contribution < -0.4 is 5.32 Å². The molecule has 1 heterocycles. The van der Waals surface area contributed by atoms with E-state index in [-0.39, 0.29) is 11.8 Å². The summed E-state index contributed by atoms with van der Waals surface area (Å²) in [5, 5.41) is 2.27. The number of nitrogens with one attached hydrogen (secondary N) is 1. The van der Waals surface area contributed by atoms with Gasteiger partial charge in [-0.05, 0) is 16.7 Å². The molecule has 19 heavy (non-hydrogen) atoms. The number of benzene rings is 2. The maximum Gasteiger partial charge on any atom is 0.258 e. The van der Waals surface area contributed by atoms with Crippen LogP contribution in [0, 0.1) is 0 Å². The molecule has 0 radical (unpaired) electrons. The lowest BCUT2D eigenvalue weighted by Gasteiger charge is -2.09. The van der Waals surface area contributed by atoms with Gasteiger partial charge in [0.15, 0.2) is 0 Å². The molecule has 0 spiro atoms. The van der Waals surface area contributed by atoms with Gasteiger partial charge < -0.3 is 0 Å². The summed E-state index contributed by atoms with van der Waals surface area (Å²) in [5.41, 5.74) is 3.16. The van der Waals surface area contributed by atoms with Crippen molar-refractivity contribution in [2.75, 3.05) is 0 Å². The molecular formula is C16H11NO2. The summed E-state index contributed by atoms with van der Waals surface area (Å²) in [4.78, 5) is 23.0. The molecule has 3 heteroatoms. The van der Waals surface area contributed by atoms with Crippen molar-refractivity contribution in [1.82, 2.24) is 5.32 Å². The van der Waals surface area contributed by atoms with Crippen molar-refractivity contribution in [3.8, 4) is 11.1 Å². The Labute approximate surface area is 110 Å². The molecule has 0 aliphatic carbocycles. The van der Waals surface area contributed by atoms with Crippen molar-refractivity contribution in [3.05, 3.63) is 66.2 Å². The second kappa shape index (κ2) is 4.53. The van der Waals surface area contributed by atoms with E-state index >= 15 is 0 Å². The van der Waals surface area contributed by atoms with Gasteiger partial charge in [-0.25, -0.2) is 0 Å². The second-order valence-corrected chi connectivity index (χ2v) is 4.29. The molecule has 2 amide bonds. The van der Waals surface area contributed by atoms with Gasteiger partial charge in [0, 0.05) is 6.08 Å². The molecule has 0 unspecified atom stereocenters. The maximum absolute atomic E-state index is 11.8. The molecule has 1 N–H and O–H groups in total. The van der Waals surface area contributed by atoms with Crippen molar-refractivity contribution in [1.29, 1.82) is 0 Å². The molecule has 2 aromatic rings. The number of carbonyl (C=O) groups excluding carboxylic acids is 2. The first kappa shape index (κ1) is 11.4. The van der Waals surface area contributed by atoms with Crippen LogP contribution in [0.2, 0.25) is 0 Å². The zero-order chi connectivity index (χ0) is 13.2. The normalized spacial score (nSPS) is 14.2. The number of hydrogen-bond acceptors (Lipinski definition) is 2. The van der Waals surface area contributed by atoms with Crippen molar-refractivity contribution in [2.24, 2.45) is 0 Å². The summed E-state index contributed by atoms with van der Waals surface area (Å²) in [6.07, 6.45) is 1.35. The van der Waals surface area contributed by atoms with E-state index in [0.717, 1.165) is 16.7 Å². The van der Waals surface area contributed by atoms with Gasteiger partial charge >= 0.3 is 0 Å². The molecule has 3 rings (SSSR count). The smallest absolute Gasteiger partial charge is 0.258 e. The molecule has 1 aliphatic rings. The highest BCUT2D eigenvalue weighted by Crippen LogP contribution is 2.30. The molecule has 0 bridgehead atoms. The van der Waals surface area contributed by atoms with Crippen LogP contribution in [0.15, 0.2) is 60.7 Å². The van der Waals surface area contributed by atoms with Crippen molar-refractivity contribution >= 4 is 17.4 Å². The van der Waals surface area contributed by atoms with E-state index in [2.05, 4.69) is 5.32 Å². The Morgan fingerprint density at radius 3 is 2.00 bits per heavy atom. The lowest BCUT2D eigenvalue weighted by molar-refractivity contribution is -0.123. The number of carbonyl (C=O) groups is 2. The Hall–Kier alpha value is -2.68. The Morgan fingerprint density at radius 1 is 0.737 bits per heavy atom. The van der Waals surface area contributed by atoms with Crippen LogP contribution in [0.25, 0.3) is 16.7 Å². The van der Waals surface area contributed by atoms with E-state index in [1.54, 1.807) is 0 Å². The third-order valence-corrected chi connectivity index (χ3v) is 3.06. The van der Waals surface area contributed by atoms with Crippen LogP contribution in [0.3, 0.4) is 0 Å². The minimum atomic E-state index is -0.358. The lowest BCUT2D eigenvalue weighted by Crippen LogP contribution is -2.21. The Balaban J connectivity index is 2.16. The van der Waals surface area contributed by atoms with Crippen molar-refractivity contribution in [3.63, 3.8) is 0 Å². The van der Waals surface area contributed by atoms with Gasteiger partial charge in [0.25, 0.3) is 11.8 Å². The van der Waals surface area contributed by atoms with Gasteiger partial charge in [0.05, 0.1) is 5.57 Å². The van der Waals surface area contributed by atoms with Gasteiger partial charge in [-0.3, -0.25) is 14.9 Å². The Bertz CT molecular complexity index is 687. The zero-order valence-electron chi connectivity index (χ0n) is 10.1. The highest BCUT2D eigenvalue weighted by Gasteiger charge is 2.23. The zero-order valence-corrected chi connectivity index (χ0v) is 10.1. The Kier molecular flexibility index (Phi) is 2.72. The predicted octanol–water partition coefficient (Wildman–Crippen LogP) is 2.39. The highest BCUT2D eigenvalue weighted by atomic mass is 16.2. The molecule has 1 aliphatic heterocycles. The summed E-state index contributed by atoms with van der Waals surface area (Å²) >= 11 is 0. The summed E-state index contributed by atoms with van der Waals surface area (Å²) in [6.45, 7) is 0. The van der Waals surface area contributed by atoms with Gasteiger partial charge in [-0.1, -0.05) is 54.6 Å². The van der Waals surface area contributed by atoms with Gasteiger partial charge in [0.2, 0.25) is 0 Å². The average molecular weight is 249 g/mol. The van der Waals surface area contributed by atoms with E-state index in [9.17, 15) is 9.59 Å². The van der Waals surface area contributed by atoms with Gasteiger partial charge in [-0.15, -0.1) is 0 Å². The molecule has 92 valence electrons. The van der Waals surface area contributed by atoms with Gasteiger partial charge in [-0.2, -0.15) is 0 Å². The average Bonchev–Trinajstić information content (AvgIpc) is 2.79. The maximum atomic E-state index is 11.8. The number of imide groups is 1. The lowest BCUT2D eigenvalue weighted by atomic mass is 9.95. The summed E-state index contributed by atoms with van der Waals surface area (Å²) in [5.74, 6) is -0.698. The second-order valence-electron chi connectivity index (χ2n) is 4.29. The van der Waals surface area contributed by atoms with Crippen LogP contribution in [0.1, 0.15) is 5.56 Å². The number of rotatable bonds is 2. The summed E-state index contributed by atoms with van der Waals surface area (Å²) in [6, 6.07) is 17.4. The first-order valence-electron chi connectivity index (χ1n) is 5.97. The van der Waals surface area contributed by atoms with Crippen molar-refractivity contribution in [2.45, 2.75) is 0 Å². The molecule has 0 saturated heterocycles. The molecule has 0 aromatic heterocycles. The topological polar surface area (TPSA) is 46.2 Å². The summed E-state index contributed by atoms with van der Waals surface area (Å²) in [7, 11) is 0. The molecular weight excluding hydrogens is 238 g/mol. The van der Waals surface area contributed by atoms with Crippen LogP contribution in [-0.4, -0.2) is 11.8 Å². The molecule has 0 fully saturated rings. The fourth-order valence-corrected chi connectivity index (χ4v) is 2.20. The predicted molar refractivity (Wildman–Crippen MR) is 73.0 cm³/mol. The Morgan fingerprint density at radius 2 is 1.37 bits per heavy atom. The molecule has 0 saturated carbocycles. The quantitative estimate of drug-likeness (QED) is 0.831. The minimum Gasteiger partial charge on any atom is -0.289 e. The van der Waals surface area contributed by atoms with Crippen LogP contribution in [0.4, 0.5) is 0 Å². The monoisotopic (exact) mass is 249 g/mol. The van der Waals surface area contributed by atoms with E-state index in [4.69, 9.17) is 0 Å². The van der Waals surface area contributed by atoms with Gasteiger partial charge in [0.1, 0.15) is 0 Å². The molecule has 0 atom stereocenters. The third kappa shape index (κ3) is 2.06. The molecule has 3 nitrogen and oxygen atoms in total. The standard InChI is InChI=1S/C16H11NO2/c18-15-10-14(16(19)17-15)13-9-5-4-8-12(13)11-6-2-1-3-7-11/h1-10H,(H,17,18,19). The fourth-order valence-electron chi connectivity index (χ4n) is 2.20. The highest BCUT2D eigenvalue weighted by molar-refractivity contribution is 6.34. The third-order valence-electron chi connectivity index (χ3n) is 3.06. The van der Waals surface area contributed by atoms with E-state index < -0.39 is 0 Å². The first-order chi connectivity index (χ1) is 9.25. The number of amides is 2.